The molecule has 4 fully saturated rings. The number of nitrogens with one attached hydrogen (secondary N) is 2. The predicted octanol–water partition coefficient (Wildman–Crippen LogP) is 15.3. The molecule has 6 aromatic carbocycles. The Morgan fingerprint density at radius 2 is 0.989 bits per heavy atom. The first-order valence-corrected chi connectivity index (χ1v) is 31.5. The molecule has 16 heteroatoms. The third kappa shape index (κ3) is 13.3. The fraction of sp³-hybridized carbons (Fsp3) is 0.493. The van der Waals surface area contributed by atoms with E-state index in [1.807, 2.05) is 97.6 Å². The van der Waals surface area contributed by atoms with Crippen molar-refractivity contribution in [1.82, 2.24) is 20.4 Å². The smallest absolute Gasteiger partial charge is 0.257 e. The van der Waals surface area contributed by atoms with Crippen molar-refractivity contribution in [2.75, 3.05) is 68.7 Å². The molecule has 0 aromatic heterocycles. The average Bonchev–Trinajstić information content (AvgIpc) is 1.62. The van der Waals surface area contributed by atoms with Crippen LogP contribution in [0.2, 0.25) is 0 Å². The van der Waals surface area contributed by atoms with Gasteiger partial charge in [0.05, 0.1) is 25.2 Å². The number of fused-ring (bicyclic) bond motifs is 2. The summed E-state index contributed by atoms with van der Waals surface area (Å²) in [4.78, 5) is 7.21. The Balaban J connectivity index is 0.795. The zero-order valence-electron chi connectivity index (χ0n) is 50.5. The molecular formula is C71H82F8N6O2. The lowest BCUT2D eigenvalue weighted by Gasteiger charge is -2.49. The van der Waals surface area contributed by atoms with Gasteiger partial charge in [0.25, 0.3) is 11.8 Å². The number of nitrogens with zero attached hydrogens (tertiary/aromatic N) is 4. The minimum atomic E-state index is -3.21. The first-order valence-electron chi connectivity index (χ1n) is 31.5. The van der Waals surface area contributed by atoms with Crippen LogP contribution in [0, 0.1) is 34.1 Å². The van der Waals surface area contributed by atoms with Crippen molar-refractivity contribution in [3.05, 3.63) is 189 Å². The van der Waals surface area contributed by atoms with Gasteiger partial charge in [-0.2, -0.15) is 0 Å². The summed E-state index contributed by atoms with van der Waals surface area (Å²) in [7, 11) is 0. The van der Waals surface area contributed by atoms with Crippen molar-refractivity contribution >= 4 is 11.4 Å². The van der Waals surface area contributed by atoms with Gasteiger partial charge in [0.15, 0.2) is 0 Å². The van der Waals surface area contributed by atoms with Crippen LogP contribution in [0.1, 0.15) is 148 Å². The molecular weight excluding hydrogens is 1120 g/mol. The van der Waals surface area contributed by atoms with Crippen LogP contribution in [0.25, 0.3) is 0 Å². The SMILES string of the molecule is C[C@@H]1Cc2cc(OCc3ccccc3)ccc2C(c2c(F)cc(N3CCCC4(CCC3)CNC(C3c5cc(OCc6ccccc6)ccc5C(c5c(F)cc(N6CCCC7(CCC6)CNC7)cc5F)N(CC(C)(F)F)[C@@H]3C)C4)cc2F)N1CC(C)(F)F. The Morgan fingerprint density at radius 3 is 1.47 bits per heavy atom. The lowest BCUT2D eigenvalue weighted by Crippen LogP contribution is -2.54. The van der Waals surface area contributed by atoms with Gasteiger partial charge in [-0.1, -0.05) is 72.8 Å². The summed E-state index contributed by atoms with van der Waals surface area (Å²) < 4.78 is 143. The molecule has 87 heavy (non-hydrogen) atoms. The normalized spacial score (nSPS) is 24.4. The van der Waals surface area contributed by atoms with Gasteiger partial charge < -0.3 is 29.9 Å². The van der Waals surface area contributed by atoms with Gasteiger partial charge in [-0.25, -0.2) is 35.1 Å². The fourth-order valence-electron chi connectivity index (χ4n) is 15.9. The van der Waals surface area contributed by atoms with Crippen LogP contribution in [0.5, 0.6) is 11.5 Å². The van der Waals surface area contributed by atoms with Crippen molar-refractivity contribution in [3.63, 3.8) is 0 Å². The predicted molar refractivity (Wildman–Crippen MR) is 326 cm³/mol. The zero-order valence-corrected chi connectivity index (χ0v) is 50.5. The number of halogens is 8. The molecule has 2 spiro atoms. The standard InChI is InChI=1S/C71H82F8N6O2/c1-46-31-50-32-53(86-39-48-15-7-5-8-16-48)19-21-55(50)66(84(46)44-68(3,76)77)64-58(72)33-51(34-59(64)73)82-27-11-23-70(24-12-28-82)38-62(81-43-70)63-47(2)85(45-69(4,78)79)67(56-22-20-54(37-57(56)63)87-40-49-17-9-6-10-18-49)65-60(74)35-52(36-61(65)75)83-29-13-25-71(26-14-30-83)41-80-42-71/h5-10,15-22,32-37,46-47,62-63,66-67,80-81H,11-14,23-31,38-45H2,1-4H3/t46-,47-,62?,63?,66?,67?/m1/s1. The van der Waals surface area contributed by atoms with E-state index in [1.54, 1.807) is 23.1 Å². The van der Waals surface area contributed by atoms with E-state index in [0.29, 0.717) is 104 Å². The molecule has 6 aliphatic rings. The number of hydrogen-bond donors (Lipinski definition) is 2. The van der Waals surface area contributed by atoms with Gasteiger partial charge in [-0.15, -0.1) is 0 Å². The molecule has 0 saturated carbocycles. The molecule has 6 aliphatic heterocycles. The molecule has 12 rings (SSSR count). The summed E-state index contributed by atoms with van der Waals surface area (Å²) in [6, 6.07) is 32.3. The molecule has 464 valence electrons. The minimum absolute atomic E-state index is 0.202. The van der Waals surface area contributed by atoms with E-state index in [9.17, 15) is 8.78 Å². The highest BCUT2D eigenvalue weighted by Gasteiger charge is 2.51. The number of benzene rings is 6. The van der Waals surface area contributed by atoms with Crippen LogP contribution in [-0.2, 0) is 19.6 Å². The molecule has 6 aromatic rings. The van der Waals surface area contributed by atoms with Crippen LogP contribution in [0.4, 0.5) is 46.5 Å². The monoisotopic (exact) mass is 1200 g/mol. The second-order valence-corrected chi connectivity index (χ2v) is 26.6. The van der Waals surface area contributed by atoms with Gasteiger partial charge in [0.1, 0.15) is 48.0 Å². The Morgan fingerprint density at radius 1 is 0.529 bits per heavy atom. The van der Waals surface area contributed by atoms with E-state index in [0.717, 1.165) is 87.7 Å². The highest BCUT2D eigenvalue weighted by Crippen LogP contribution is 2.53. The average molecular weight is 1200 g/mol. The summed E-state index contributed by atoms with van der Waals surface area (Å²) in [5.74, 6) is -8.73. The number of anilines is 2. The van der Waals surface area contributed by atoms with E-state index < -0.39 is 72.4 Å². The summed E-state index contributed by atoms with van der Waals surface area (Å²) in [5, 5.41) is 7.28. The summed E-state index contributed by atoms with van der Waals surface area (Å²) in [6.45, 7) is 9.62. The van der Waals surface area contributed by atoms with Crippen molar-refractivity contribution in [2.24, 2.45) is 10.8 Å². The first-order chi connectivity index (χ1) is 41.7. The molecule has 2 N–H and O–H groups in total. The van der Waals surface area contributed by atoms with Gasteiger partial charge in [0, 0.05) is 106 Å². The minimum Gasteiger partial charge on any atom is -0.489 e. The van der Waals surface area contributed by atoms with E-state index in [1.165, 1.54) is 29.2 Å². The lowest BCUT2D eigenvalue weighted by atomic mass is 9.70. The van der Waals surface area contributed by atoms with Crippen LogP contribution in [0.15, 0.2) is 121 Å². The maximum atomic E-state index is 17.2. The fourth-order valence-corrected chi connectivity index (χ4v) is 15.9. The molecule has 4 saturated heterocycles. The Bertz CT molecular complexity index is 3310. The van der Waals surface area contributed by atoms with Crippen LogP contribution in [0.3, 0.4) is 0 Å². The Labute approximate surface area is 507 Å². The van der Waals surface area contributed by atoms with E-state index in [2.05, 4.69) is 15.5 Å². The highest BCUT2D eigenvalue weighted by atomic mass is 19.3. The van der Waals surface area contributed by atoms with Gasteiger partial charge in [0.2, 0.25) is 0 Å². The summed E-state index contributed by atoms with van der Waals surface area (Å²) in [5.41, 5.74) is 5.07. The van der Waals surface area contributed by atoms with E-state index in [-0.39, 0.29) is 35.1 Å². The molecule has 0 aliphatic carbocycles. The third-order valence-electron chi connectivity index (χ3n) is 20.1. The van der Waals surface area contributed by atoms with E-state index in [4.69, 9.17) is 9.47 Å². The van der Waals surface area contributed by atoms with Crippen molar-refractivity contribution < 1.29 is 44.6 Å². The number of hydrogen-bond acceptors (Lipinski definition) is 8. The maximum Gasteiger partial charge on any atom is 0.257 e. The molecule has 0 bridgehead atoms. The maximum absolute atomic E-state index is 17.2. The van der Waals surface area contributed by atoms with Gasteiger partial charge in [-0.3, -0.25) is 9.80 Å². The highest BCUT2D eigenvalue weighted by molar-refractivity contribution is 5.55. The van der Waals surface area contributed by atoms with Crippen LogP contribution < -0.4 is 29.9 Å². The molecule has 4 unspecified atom stereocenters. The second kappa shape index (κ2) is 25.0. The lowest BCUT2D eigenvalue weighted by molar-refractivity contribution is -0.0433. The molecule has 6 heterocycles. The number of rotatable bonds is 15. The van der Waals surface area contributed by atoms with Crippen molar-refractivity contribution in [3.8, 4) is 11.5 Å². The van der Waals surface area contributed by atoms with Crippen LogP contribution >= 0.6 is 0 Å². The van der Waals surface area contributed by atoms with E-state index >= 15 is 26.3 Å². The molecule has 0 radical (unpaired) electrons. The second-order valence-electron chi connectivity index (χ2n) is 26.6. The Kier molecular flexibility index (Phi) is 17.5. The molecule has 6 atom stereocenters. The summed E-state index contributed by atoms with van der Waals surface area (Å²) in [6.07, 6.45) is 7.93. The van der Waals surface area contributed by atoms with Crippen molar-refractivity contribution in [2.45, 2.75) is 153 Å². The zero-order chi connectivity index (χ0) is 60.8. The largest absolute Gasteiger partial charge is 0.489 e. The quantitative estimate of drug-likeness (QED) is 0.0987. The van der Waals surface area contributed by atoms with Gasteiger partial charge in [-0.05, 0) is 171 Å². The third-order valence-corrected chi connectivity index (χ3v) is 20.1. The Hall–Kier alpha value is -6.20. The van der Waals surface area contributed by atoms with Crippen LogP contribution in [-0.4, -0.2) is 98.7 Å². The first kappa shape index (κ1) is 61.1. The molecule has 8 nitrogen and oxygen atoms in total. The number of ether oxygens (including phenoxy) is 2. The number of alkyl halides is 4. The topological polar surface area (TPSA) is 55.5 Å². The summed E-state index contributed by atoms with van der Waals surface area (Å²) >= 11 is 0. The van der Waals surface area contributed by atoms with Crippen molar-refractivity contribution in [1.29, 1.82) is 0 Å². The van der Waals surface area contributed by atoms with Gasteiger partial charge >= 0.3 is 0 Å². The molecule has 0 amide bonds.